The Balaban J connectivity index is 1.83. The van der Waals surface area contributed by atoms with Gasteiger partial charge in [-0.05, 0) is 29.8 Å². The van der Waals surface area contributed by atoms with Crippen LogP contribution < -0.4 is 20.5 Å². The number of hydrogen-bond acceptors (Lipinski definition) is 4. The van der Waals surface area contributed by atoms with Crippen LogP contribution in [0.5, 0.6) is 11.5 Å². The normalized spacial score (nSPS) is 12.2. The molecule has 0 bridgehead atoms. The molecule has 1 aliphatic heterocycles. The van der Waals surface area contributed by atoms with Gasteiger partial charge in [-0.15, -0.1) is 0 Å². The topological polar surface area (TPSA) is 73.6 Å². The van der Waals surface area contributed by atoms with Crippen LogP contribution in [0.2, 0.25) is 0 Å². The number of carbonyl (C=O) groups is 1. The van der Waals surface area contributed by atoms with E-state index in [2.05, 4.69) is 5.32 Å². The van der Waals surface area contributed by atoms with E-state index in [1.54, 1.807) is 18.2 Å². The number of nitrogens with two attached hydrogens (primary N) is 1. The summed E-state index contributed by atoms with van der Waals surface area (Å²) in [4.78, 5) is 12.2. The number of carbonyl (C=O) groups excluding carboxylic acids is 1. The Labute approximate surface area is 116 Å². The minimum absolute atomic E-state index is 0.191. The van der Waals surface area contributed by atoms with E-state index in [0.717, 1.165) is 11.3 Å². The Morgan fingerprint density at radius 2 is 1.95 bits per heavy atom. The van der Waals surface area contributed by atoms with E-state index < -0.39 is 0 Å². The highest BCUT2D eigenvalue weighted by atomic mass is 16.7. The highest BCUT2D eigenvalue weighted by molar-refractivity contribution is 6.05. The molecule has 0 aromatic heterocycles. The van der Waals surface area contributed by atoms with Gasteiger partial charge in [0.25, 0.3) is 5.91 Å². The van der Waals surface area contributed by atoms with Crippen LogP contribution in [0.1, 0.15) is 15.9 Å². The van der Waals surface area contributed by atoms with Gasteiger partial charge in [-0.3, -0.25) is 4.79 Å². The van der Waals surface area contributed by atoms with Crippen LogP contribution in [0.4, 0.5) is 5.69 Å². The van der Waals surface area contributed by atoms with E-state index in [9.17, 15) is 4.79 Å². The second-order valence-electron chi connectivity index (χ2n) is 4.38. The Morgan fingerprint density at radius 1 is 1.15 bits per heavy atom. The lowest BCUT2D eigenvalue weighted by Gasteiger charge is -2.09. The van der Waals surface area contributed by atoms with Gasteiger partial charge < -0.3 is 20.5 Å². The zero-order chi connectivity index (χ0) is 13.9. The monoisotopic (exact) mass is 270 g/mol. The minimum Gasteiger partial charge on any atom is -0.454 e. The van der Waals surface area contributed by atoms with Gasteiger partial charge in [0.1, 0.15) is 0 Å². The molecule has 0 fully saturated rings. The van der Waals surface area contributed by atoms with Crippen molar-refractivity contribution in [1.82, 2.24) is 0 Å². The van der Waals surface area contributed by atoms with E-state index in [0.29, 0.717) is 23.6 Å². The van der Waals surface area contributed by atoms with E-state index in [-0.39, 0.29) is 12.7 Å². The van der Waals surface area contributed by atoms with Crippen LogP contribution in [0, 0.1) is 0 Å². The first-order valence-electron chi connectivity index (χ1n) is 6.27. The fraction of sp³-hybridized carbons (Fsp3) is 0.133. The van der Waals surface area contributed by atoms with E-state index in [4.69, 9.17) is 15.2 Å². The van der Waals surface area contributed by atoms with Gasteiger partial charge in [0.15, 0.2) is 11.5 Å². The maximum atomic E-state index is 12.2. The molecule has 20 heavy (non-hydrogen) atoms. The average molecular weight is 270 g/mol. The molecule has 1 aliphatic rings. The summed E-state index contributed by atoms with van der Waals surface area (Å²) in [5, 5.41) is 2.85. The van der Waals surface area contributed by atoms with Crippen LogP contribution in [0.15, 0.2) is 42.5 Å². The lowest BCUT2D eigenvalue weighted by molar-refractivity contribution is 0.102. The summed E-state index contributed by atoms with van der Waals surface area (Å²) in [6.07, 6.45) is 0. The first-order valence-corrected chi connectivity index (χ1v) is 6.27. The molecule has 0 spiro atoms. The molecule has 0 radical (unpaired) electrons. The van der Waals surface area contributed by atoms with Crippen molar-refractivity contribution in [2.45, 2.75) is 6.54 Å². The molecule has 0 atom stereocenters. The molecule has 5 nitrogen and oxygen atoms in total. The SMILES string of the molecule is NCc1ccccc1NC(=O)c1ccc2c(c1)OCO2. The second-order valence-corrected chi connectivity index (χ2v) is 4.38. The van der Waals surface area contributed by atoms with Crippen molar-refractivity contribution < 1.29 is 14.3 Å². The number of amides is 1. The molecule has 2 aromatic carbocycles. The molecular formula is C15H14N2O3. The summed E-state index contributed by atoms with van der Waals surface area (Å²) in [5.41, 5.74) is 7.78. The molecule has 0 saturated carbocycles. The van der Waals surface area contributed by atoms with Crippen LogP contribution in [-0.4, -0.2) is 12.7 Å². The zero-order valence-electron chi connectivity index (χ0n) is 10.8. The summed E-state index contributed by atoms with van der Waals surface area (Å²) in [6, 6.07) is 12.6. The summed E-state index contributed by atoms with van der Waals surface area (Å²) in [6.45, 7) is 0.563. The maximum Gasteiger partial charge on any atom is 0.255 e. The van der Waals surface area contributed by atoms with E-state index in [1.807, 2.05) is 24.3 Å². The van der Waals surface area contributed by atoms with Crippen molar-refractivity contribution in [2.24, 2.45) is 5.73 Å². The zero-order valence-corrected chi connectivity index (χ0v) is 10.8. The number of para-hydroxylation sites is 1. The Kier molecular flexibility index (Phi) is 3.26. The molecule has 0 aliphatic carbocycles. The smallest absolute Gasteiger partial charge is 0.255 e. The van der Waals surface area contributed by atoms with Crippen molar-refractivity contribution in [1.29, 1.82) is 0 Å². The maximum absolute atomic E-state index is 12.2. The fourth-order valence-electron chi connectivity index (χ4n) is 2.05. The van der Waals surface area contributed by atoms with Crippen molar-refractivity contribution >= 4 is 11.6 Å². The lowest BCUT2D eigenvalue weighted by Crippen LogP contribution is -2.14. The highest BCUT2D eigenvalue weighted by Gasteiger charge is 2.16. The molecular weight excluding hydrogens is 256 g/mol. The third-order valence-corrected chi connectivity index (χ3v) is 3.12. The van der Waals surface area contributed by atoms with Gasteiger partial charge in [0.05, 0.1) is 0 Å². The van der Waals surface area contributed by atoms with Crippen LogP contribution in [0.25, 0.3) is 0 Å². The predicted molar refractivity (Wildman–Crippen MR) is 74.9 cm³/mol. The quantitative estimate of drug-likeness (QED) is 0.896. The van der Waals surface area contributed by atoms with E-state index in [1.165, 1.54) is 0 Å². The first kappa shape index (κ1) is 12.5. The van der Waals surface area contributed by atoms with Gasteiger partial charge in [0, 0.05) is 17.8 Å². The highest BCUT2D eigenvalue weighted by Crippen LogP contribution is 2.32. The van der Waals surface area contributed by atoms with Gasteiger partial charge >= 0.3 is 0 Å². The molecule has 1 heterocycles. The van der Waals surface area contributed by atoms with Crippen LogP contribution in [0.3, 0.4) is 0 Å². The van der Waals surface area contributed by atoms with Crippen molar-refractivity contribution in [3.63, 3.8) is 0 Å². The molecule has 3 N–H and O–H groups in total. The molecule has 102 valence electrons. The van der Waals surface area contributed by atoms with Crippen LogP contribution in [-0.2, 0) is 6.54 Å². The van der Waals surface area contributed by atoms with Crippen LogP contribution >= 0.6 is 0 Å². The third kappa shape index (κ3) is 2.31. The van der Waals surface area contributed by atoms with E-state index >= 15 is 0 Å². The summed E-state index contributed by atoms with van der Waals surface area (Å²) >= 11 is 0. The summed E-state index contributed by atoms with van der Waals surface area (Å²) in [7, 11) is 0. The van der Waals surface area contributed by atoms with Crippen molar-refractivity contribution in [3.8, 4) is 11.5 Å². The average Bonchev–Trinajstić information content (AvgIpc) is 2.95. The number of benzene rings is 2. The lowest BCUT2D eigenvalue weighted by atomic mass is 10.1. The Bertz CT molecular complexity index is 655. The second kappa shape index (κ2) is 5.22. The number of nitrogens with one attached hydrogen (secondary N) is 1. The fourth-order valence-corrected chi connectivity index (χ4v) is 2.05. The van der Waals surface area contributed by atoms with Crippen molar-refractivity contribution in [3.05, 3.63) is 53.6 Å². The minimum atomic E-state index is -0.204. The summed E-state index contributed by atoms with van der Waals surface area (Å²) in [5.74, 6) is 1.04. The molecule has 2 aromatic rings. The Morgan fingerprint density at radius 3 is 2.80 bits per heavy atom. The standard InChI is InChI=1S/C15H14N2O3/c16-8-11-3-1-2-4-12(11)17-15(18)10-5-6-13-14(7-10)20-9-19-13/h1-7H,8-9,16H2,(H,17,18). The van der Waals surface area contributed by atoms with Gasteiger partial charge in [-0.1, -0.05) is 18.2 Å². The molecule has 1 amide bonds. The largest absolute Gasteiger partial charge is 0.454 e. The molecule has 0 unspecified atom stereocenters. The number of fused-ring (bicyclic) bond motifs is 1. The molecule has 0 saturated heterocycles. The third-order valence-electron chi connectivity index (χ3n) is 3.12. The molecule has 3 rings (SSSR count). The predicted octanol–water partition coefficient (Wildman–Crippen LogP) is 2.13. The van der Waals surface area contributed by atoms with Gasteiger partial charge in [-0.2, -0.15) is 0 Å². The number of ether oxygens (including phenoxy) is 2. The Hall–Kier alpha value is -2.53. The van der Waals surface area contributed by atoms with Gasteiger partial charge in [0.2, 0.25) is 6.79 Å². The number of hydrogen-bond donors (Lipinski definition) is 2. The van der Waals surface area contributed by atoms with Crippen molar-refractivity contribution in [2.75, 3.05) is 12.1 Å². The first-order chi connectivity index (χ1) is 9.78. The number of rotatable bonds is 3. The molecule has 5 heteroatoms. The number of anilines is 1. The van der Waals surface area contributed by atoms with Gasteiger partial charge in [-0.25, -0.2) is 0 Å². The summed E-state index contributed by atoms with van der Waals surface area (Å²) < 4.78 is 10.5.